The molecule has 1 atom stereocenters. The molecule has 0 spiro atoms. The third-order valence-corrected chi connectivity index (χ3v) is 5.36. The molecule has 16 heavy (non-hydrogen) atoms. The zero-order valence-electron chi connectivity index (χ0n) is 9.25. The normalized spacial score (nSPS) is 16.1. The Hall–Kier alpha value is 0.290. The van der Waals surface area contributed by atoms with Crippen LogP contribution in [0.3, 0.4) is 0 Å². The Balaban J connectivity index is 4.16. The first-order valence-electron chi connectivity index (χ1n) is 4.93. The van der Waals surface area contributed by atoms with Gasteiger partial charge in [0, 0.05) is 5.75 Å². The lowest BCUT2D eigenvalue weighted by Crippen LogP contribution is -2.16. The maximum Gasteiger partial charge on any atom is 0.412 e. The van der Waals surface area contributed by atoms with Crippen molar-refractivity contribution in [3.63, 3.8) is 0 Å². The Kier molecular flexibility index (Phi) is 7.72. The molecular weight excluding hydrogens is 264 g/mol. The van der Waals surface area contributed by atoms with Crippen LogP contribution in [0.4, 0.5) is 13.2 Å². The van der Waals surface area contributed by atoms with Crippen LogP contribution in [0.25, 0.3) is 0 Å². The van der Waals surface area contributed by atoms with Gasteiger partial charge in [-0.3, -0.25) is 4.52 Å². The first-order valence-corrected chi connectivity index (χ1v) is 8.06. The molecule has 0 aromatic heterocycles. The molecule has 0 saturated carbocycles. The van der Waals surface area contributed by atoms with Crippen molar-refractivity contribution >= 4 is 18.2 Å². The van der Waals surface area contributed by atoms with Crippen LogP contribution in [0.5, 0.6) is 0 Å². The van der Waals surface area contributed by atoms with E-state index in [2.05, 4.69) is 4.52 Å². The number of hydrogen-bond donors (Lipinski definition) is 0. The molecule has 0 aromatic rings. The number of rotatable bonds is 8. The fraction of sp³-hybridized carbons (Fsp3) is 1.00. The molecule has 0 aliphatic carbocycles. The first kappa shape index (κ1) is 16.3. The van der Waals surface area contributed by atoms with E-state index < -0.39 is 19.6 Å². The highest BCUT2D eigenvalue weighted by atomic mass is 32.7. The molecule has 1 unspecified atom stereocenters. The molecule has 0 aliphatic rings. The number of hydrogen-bond acceptors (Lipinski definition) is 4. The van der Waals surface area contributed by atoms with Crippen LogP contribution >= 0.6 is 18.2 Å². The van der Waals surface area contributed by atoms with E-state index in [4.69, 9.17) is 4.52 Å². The molecular formula is C8H16F3O3PS. The zero-order valence-corrected chi connectivity index (χ0v) is 11.0. The Bertz CT molecular complexity index is 235. The second-order valence-electron chi connectivity index (χ2n) is 2.94. The topological polar surface area (TPSA) is 35.5 Å². The molecule has 0 N–H and O–H groups in total. The molecule has 0 heterocycles. The van der Waals surface area contributed by atoms with Crippen LogP contribution in [0.15, 0.2) is 0 Å². The van der Waals surface area contributed by atoms with Crippen molar-refractivity contribution in [3.8, 4) is 0 Å². The fourth-order valence-electron chi connectivity index (χ4n) is 0.743. The van der Waals surface area contributed by atoms with Gasteiger partial charge in [-0.05, 0) is 24.7 Å². The Labute approximate surface area is 97.4 Å². The van der Waals surface area contributed by atoms with Gasteiger partial charge in [0.05, 0.1) is 6.61 Å². The van der Waals surface area contributed by atoms with Gasteiger partial charge in [0.2, 0.25) is 0 Å². The quantitative estimate of drug-likeness (QED) is 0.492. The van der Waals surface area contributed by atoms with Crippen molar-refractivity contribution in [2.24, 2.45) is 0 Å². The highest BCUT2D eigenvalue weighted by Crippen LogP contribution is 2.61. The summed E-state index contributed by atoms with van der Waals surface area (Å²) < 4.78 is 56.6. The van der Waals surface area contributed by atoms with Crippen molar-refractivity contribution in [2.75, 3.05) is 19.0 Å². The average Bonchev–Trinajstić information content (AvgIpc) is 2.15. The highest BCUT2D eigenvalue weighted by Gasteiger charge is 2.34. The SMILES string of the molecule is CCCCSP(=O)(OCC)OCC(F)(F)F. The van der Waals surface area contributed by atoms with Crippen LogP contribution in [0, 0.1) is 0 Å². The average molecular weight is 280 g/mol. The van der Waals surface area contributed by atoms with Crippen molar-refractivity contribution < 1.29 is 26.8 Å². The number of unbranched alkanes of at least 4 members (excludes halogenated alkanes) is 1. The summed E-state index contributed by atoms with van der Waals surface area (Å²) in [7, 11) is 0. The van der Waals surface area contributed by atoms with Crippen molar-refractivity contribution in [1.82, 2.24) is 0 Å². The second-order valence-corrected chi connectivity index (χ2v) is 7.13. The van der Waals surface area contributed by atoms with E-state index in [1.165, 1.54) is 0 Å². The summed E-state index contributed by atoms with van der Waals surface area (Å²) in [6.07, 6.45) is -2.85. The zero-order chi connectivity index (χ0) is 12.7. The highest BCUT2D eigenvalue weighted by molar-refractivity contribution is 8.55. The third-order valence-electron chi connectivity index (χ3n) is 1.42. The van der Waals surface area contributed by atoms with Gasteiger partial charge in [0.15, 0.2) is 6.61 Å². The van der Waals surface area contributed by atoms with Gasteiger partial charge in [0.1, 0.15) is 0 Å². The van der Waals surface area contributed by atoms with Gasteiger partial charge in [-0.1, -0.05) is 13.3 Å². The van der Waals surface area contributed by atoms with Gasteiger partial charge in [-0.15, -0.1) is 0 Å². The summed E-state index contributed by atoms with van der Waals surface area (Å²) in [4.78, 5) is 0. The minimum Gasteiger partial charge on any atom is -0.301 e. The van der Waals surface area contributed by atoms with E-state index in [9.17, 15) is 17.7 Å². The predicted octanol–water partition coefficient (Wildman–Crippen LogP) is 4.24. The lowest BCUT2D eigenvalue weighted by molar-refractivity contribution is -0.154. The monoisotopic (exact) mass is 280 g/mol. The lowest BCUT2D eigenvalue weighted by atomic mass is 10.4. The molecule has 98 valence electrons. The molecule has 0 radical (unpaired) electrons. The van der Waals surface area contributed by atoms with E-state index in [0.29, 0.717) is 5.75 Å². The minimum atomic E-state index is -4.49. The van der Waals surface area contributed by atoms with Gasteiger partial charge < -0.3 is 4.52 Å². The van der Waals surface area contributed by atoms with Crippen LogP contribution < -0.4 is 0 Å². The molecule has 8 heteroatoms. The van der Waals surface area contributed by atoms with E-state index in [1.54, 1.807) is 6.92 Å². The van der Waals surface area contributed by atoms with E-state index in [-0.39, 0.29) is 6.61 Å². The lowest BCUT2D eigenvalue weighted by Gasteiger charge is -2.17. The minimum absolute atomic E-state index is 0.0637. The van der Waals surface area contributed by atoms with Crippen LogP contribution in [0.1, 0.15) is 26.7 Å². The van der Waals surface area contributed by atoms with Crippen molar-refractivity contribution in [1.29, 1.82) is 0 Å². The van der Waals surface area contributed by atoms with Gasteiger partial charge in [-0.2, -0.15) is 13.2 Å². The third kappa shape index (κ3) is 8.44. The summed E-state index contributed by atoms with van der Waals surface area (Å²) in [5.74, 6) is 0.464. The molecule has 0 bridgehead atoms. The van der Waals surface area contributed by atoms with Crippen LogP contribution in [0.2, 0.25) is 0 Å². The molecule has 3 nitrogen and oxygen atoms in total. The summed E-state index contributed by atoms with van der Waals surface area (Å²) in [6.45, 7) is -1.63. The number of alkyl halides is 3. The summed E-state index contributed by atoms with van der Waals surface area (Å²) in [5, 5.41) is 0. The summed E-state index contributed by atoms with van der Waals surface area (Å²) >= 11 is 0.825. The van der Waals surface area contributed by atoms with Crippen molar-refractivity contribution in [3.05, 3.63) is 0 Å². The molecule has 0 fully saturated rings. The fourth-order valence-corrected chi connectivity index (χ4v) is 4.21. The van der Waals surface area contributed by atoms with E-state index in [0.717, 1.165) is 24.2 Å². The van der Waals surface area contributed by atoms with E-state index in [1.807, 2.05) is 6.92 Å². The van der Waals surface area contributed by atoms with Crippen molar-refractivity contribution in [2.45, 2.75) is 32.9 Å². The first-order chi connectivity index (χ1) is 7.33. The molecule has 0 aromatic carbocycles. The standard InChI is InChI=1S/C8H16F3O3PS/c1-3-5-6-16-15(12,13-4-2)14-7-8(9,10)11/h3-7H2,1-2H3. The van der Waals surface area contributed by atoms with E-state index >= 15 is 0 Å². The Morgan fingerprint density at radius 1 is 1.25 bits per heavy atom. The predicted molar refractivity (Wildman–Crippen MR) is 58.6 cm³/mol. The molecule has 0 aliphatic heterocycles. The van der Waals surface area contributed by atoms with Crippen LogP contribution in [-0.2, 0) is 13.6 Å². The maximum absolute atomic E-state index is 11.9. The van der Waals surface area contributed by atoms with Gasteiger partial charge in [-0.25, -0.2) is 4.57 Å². The summed E-state index contributed by atoms with van der Waals surface area (Å²) in [6, 6.07) is 0. The Morgan fingerprint density at radius 3 is 2.31 bits per heavy atom. The van der Waals surface area contributed by atoms with Gasteiger partial charge in [0.25, 0.3) is 0 Å². The molecule has 0 amide bonds. The smallest absolute Gasteiger partial charge is 0.301 e. The maximum atomic E-state index is 11.9. The largest absolute Gasteiger partial charge is 0.412 e. The molecule has 0 saturated heterocycles. The molecule has 0 rings (SSSR count). The number of halogens is 3. The second kappa shape index (κ2) is 7.58. The van der Waals surface area contributed by atoms with Gasteiger partial charge >= 0.3 is 13.0 Å². The summed E-state index contributed by atoms with van der Waals surface area (Å²) in [5.41, 5.74) is 0. The van der Waals surface area contributed by atoms with Crippen LogP contribution in [-0.4, -0.2) is 25.1 Å². The Morgan fingerprint density at radius 2 is 1.88 bits per heavy atom.